The van der Waals surface area contributed by atoms with Crippen molar-refractivity contribution >= 4 is 17.2 Å². The zero-order valence-electron chi connectivity index (χ0n) is 11.3. The minimum absolute atomic E-state index is 0.153. The Morgan fingerprint density at radius 3 is 2.85 bits per heavy atom. The van der Waals surface area contributed by atoms with Crippen molar-refractivity contribution in [3.63, 3.8) is 0 Å². The number of amides is 1. The predicted molar refractivity (Wildman–Crippen MR) is 78.8 cm³/mol. The molecule has 0 bridgehead atoms. The van der Waals surface area contributed by atoms with Gasteiger partial charge >= 0.3 is 0 Å². The molecule has 0 saturated carbocycles. The Morgan fingerprint density at radius 2 is 2.20 bits per heavy atom. The van der Waals surface area contributed by atoms with Gasteiger partial charge in [-0.15, -0.1) is 11.3 Å². The van der Waals surface area contributed by atoms with Gasteiger partial charge in [0.05, 0.1) is 10.4 Å². The molecule has 0 aliphatic carbocycles. The van der Waals surface area contributed by atoms with Crippen LogP contribution >= 0.6 is 11.3 Å². The van der Waals surface area contributed by atoms with E-state index in [1.807, 2.05) is 24.4 Å². The number of ether oxygens (including phenoxy) is 1. The van der Waals surface area contributed by atoms with Gasteiger partial charge < -0.3 is 10.1 Å². The summed E-state index contributed by atoms with van der Waals surface area (Å²) in [7, 11) is 0. The van der Waals surface area contributed by atoms with Crippen LogP contribution in [0.5, 0.6) is 0 Å². The maximum atomic E-state index is 11.8. The van der Waals surface area contributed by atoms with Crippen molar-refractivity contribution in [2.75, 3.05) is 19.8 Å². The molecule has 0 aliphatic heterocycles. The highest BCUT2D eigenvalue weighted by molar-refractivity contribution is 7.13. The minimum Gasteiger partial charge on any atom is -0.382 e. The number of hydrogen-bond donors (Lipinski definition) is 1. The van der Waals surface area contributed by atoms with E-state index in [-0.39, 0.29) is 5.91 Å². The molecule has 0 unspecified atom stereocenters. The number of hydrogen-bond acceptors (Lipinski definition) is 5. The van der Waals surface area contributed by atoms with Crippen LogP contribution in [0.1, 0.15) is 23.7 Å². The number of carbonyl (C=O) groups is 1. The molecule has 6 heteroatoms. The van der Waals surface area contributed by atoms with Gasteiger partial charge in [-0.3, -0.25) is 4.79 Å². The van der Waals surface area contributed by atoms with Crippen molar-refractivity contribution in [3.05, 3.63) is 35.5 Å². The average molecular weight is 291 g/mol. The fourth-order valence-electron chi connectivity index (χ4n) is 1.60. The van der Waals surface area contributed by atoms with Gasteiger partial charge in [-0.1, -0.05) is 6.07 Å². The number of nitrogens with zero attached hydrogens (tertiary/aromatic N) is 2. The number of thiophene rings is 1. The minimum atomic E-state index is -0.153. The lowest BCUT2D eigenvalue weighted by molar-refractivity contribution is 0.0943. The number of rotatable bonds is 7. The Hall–Kier alpha value is -1.79. The van der Waals surface area contributed by atoms with Crippen LogP contribution in [-0.2, 0) is 4.74 Å². The molecule has 0 aromatic carbocycles. The van der Waals surface area contributed by atoms with Crippen molar-refractivity contribution in [1.82, 2.24) is 15.3 Å². The van der Waals surface area contributed by atoms with E-state index in [1.54, 1.807) is 23.7 Å². The van der Waals surface area contributed by atoms with E-state index in [9.17, 15) is 4.79 Å². The van der Waals surface area contributed by atoms with Gasteiger partial charge in [0.15, 0.2) is 5.82 Å². The largest absolute Gasteiger partial charge is 0.382 e. The molecule has 2 aromatic heterocycles. The van der Waals surface area contributed by atoms with Crippen LogP contribution in [0.3, 0.4) is 0 Å². The molecule has 0 saturated heterocycles. The summed E-state index contributed by atoms with van der Waals surface area (Å²) < 4.78 is 5.20. The summed E-state index contributed by atoms with van der Waals surface area (Å²) in [5, 5.41) is 4.79. The second-order valence-corrected chi connectivity index (χ2v) is 5.03. The lowest BCUT2D eigenvalue weighted by atomic mass is 10.3. The van der Waals surface area contributed by atoms with E-state index < -0.39 is 0 Å². The molecule has 0 radical (unpaired) electrons. The summed E-state index contributed by atoms with van der Waals surface area (Å²) in [5.41, 5.74) is 0.474. The van der Waals surface area contributed by atoms with E-state index in [1.165, 1.54) is 0 Å². The van der Waals surface area contributed by atoms with Gasteiger partial charge in [-0.2, -0.15) is 0 Å². The first-order valence-corrected chi connectivity index (χ1v) is 7.41. The van der Waals surface area contributed by atoms with E-state index in [0.717, 1.165) is 11.3 Å². The van der Waals surface area contributed by atoms with Gasteiger partial charge in [0.25, 0.3) is 5.91 Å². The first kappa shape index (κ1) is 14.6. The fraction of sp³-hybridized carbons (Fsp3) is 0.357. The molecule has 0 aliphatic rings. The molecule has 1 N–H and O–H groups in total. The Kier molecular flexibility index (Phi) is 5.64. The molecule has 0 atom stereocenters. The normalized spacial score (nSPS) is 10.4. The number of aromatic nitrogens is 2. The molecule has 0 spiro atoms. The molecule has 2 aromatic rings. The van der Waals surface area contributed by atoms with Crippen molar-refractivity contribution in [2.45, 2.75) is 13.3 Å². The van der Waals surface area contributed by atoms with Crippen molar-refractivity contribution in [2.24, 2.45) is 0 Å². The van der Waals surface area contributed by atoms with E-state index >= 15 is 0 Å². The van der Waals surface area contributed by atoms with Crippen LogP contribution < -0.4 is 5.32 Å². The van der Waals surface area contributed by atoms with Crippen LogP contribution in [-0.4, -0.2) is 35.6 Å². The Morgan fingerprint density at radius 1 is 1.40 bits per heavy atom. The number of nitrogens with one attached hydrogen (secondary N) is 1. The molecule has 2 rings (SSSR count). The highest BCUT2D eigenvalue weighted by Crippen LogP contribution is 2.19. The molecule has 106 valence electrons. The van der Waals surface area contributed by atoms with Crippen LogP contribution in [0.2, 0.25) is 0 Å². The second kappa shape index (κ2) is 7.72. The zero-order valence-corrected chi connectivity index (χ0v) is 12.2. The van der Waals surface area contributed by atoms with Crippen LogP contribution in [0.25, 0.3) is 10.7 Å². The second-order valence-electron chi connectivity index (χ2n) is 4.08. The van der Waals surface area contributed by atoms with Crippen LogP contribution in [0.15, 0.2) is 29.9 Å². The third kappa shape index (κ3) is 4.11. The Bertz CT molecular complexity index is 526. The quantitative estimate of drug-likeness (QED) is 0.795. The van der Waals surface area contributed by atoms with Gasteiger partial charge in [0, 0.05) is 32.2 Å². The summed E-state index contributed by atoms with van der Waals surface area (Å²) >= 11 is 1.57. The SMILES string of the molecule is CCOCCCNC(=O)c1cnc(-c2cccs2)nc1. The maximum Gasteiger partial charge on any atom is 0.254 e. The predicted octanol–water partition coefficient (Wildman–Crippen LogP) is 2.36. The summed E-state index contributed by atoms with van der Waals surface area (Å²) in [6.45, 7) is 3.90. The Labute approximate surface area is 122 Å². The van der Waals surface area contributed by atoms with Gasteiger partial charge in [-0.05, 0) is 24.8 Å². The summed E-state index contributed by atoms with van der Waals surface area (Å²) in [4.78, 5) is 21.3. The Balaban J connectivity index is 1.85. The van der Waals surface area contributed by atoms with E-state index in [0.29, 0.717) is 31.1 Å². The zero-order chi connectivity index (χ0) is 14.2. The first-order valence-electron chi connectivity index (χ1n) is 6.53. The van der Waals surface area contributed by atoms with E-state index in [4.69, 9.17) is 4.74 Å². The highest BCUT2D eigenvalue weighted by Gasteiger charge is 2.07. The third-order valence-corrected chi connectivity index (χ3v) is 3.48. The monoisotopic (exact) mass is 291 g/mol. The van der Waals surface area contributed by atoms with Crippen molar-refractivity contribution in [3.8, 4) is 10.7 Å². The van der Waals surface area contributed by atoms with Gasteiger partial charge in [0.2, 0.25) is 0 Å². The lowest BCUT2D eigenvalue weighted by Crippen LogP contribution is -2.25. The highest BCUT2D eigenvalue weighted by atomic mass is 32.1. The summed E-state index contributed by atoms with van der Waals surface area (Å²) in [6.07, 6.45) is 3.91. The summed E-state index contributed by atoms with van der Waals surface area (Å²) in [6, 6.07) is 3.90. The van der Waals surface area contributed by atoms with Gasteiger partial charge in [-0.25, -0.2) is 9.97 Å². The van der Waals surface area contributed by atoms with Crippen molar-refractivity contribution < 1.29 is 9.53 Å². The molecule has 0 fully saturated rings. The van der Waals surface area contributed by atoms with Crippen molar-refractivity contribution in [1.29, 1.82) is 0 Å². The molecular weight excluding hydrogens is 274 g/mol. The van der Waals surface area contributed by atoms with Crippen LogP contribution in [0, 0.1) is 0 Å². The van der Waals surface area contributed by atoms with Crippen LogP contribution in [0.4, 0.5) is 0 Å². The van der Waals surface area contributed by atoms with Gasteiger partial charge in [0.1, 0.15) is 0 Å². The maximum absolute atomic E-state index is 11.8. The molecule has 1 amide bonds. The number of carbonyl (C=O) groups excluding carboxylic acids is 1. The average Bonchev–Trinajstić information content (AvgIpc) is 3.01. The third-order valence-electron chi connectivity index (χ3n) is 2.61. The molecule has 5 nitrogen and oxygen atoms in total. The fourth-order valence-corrected chi connectivity index (χ4v) is 2.27. The smallest absolute Gasteiger partial charge is 0.254 e. The molecule has 2 heterocycles. The van der Waals surface area contributed by atoms with E-state index in [2.05, 4.69) is 15.3 Å². The summed E-state index contributed by atoms with van der Waals surface area (Å²) in [5.74, 6) is 0.493. The first-order chi connectivity index (χ1) is 9.81. The molecule has 20 heavy (non-hydrogen) atoms. The lowest BCUT2D eigenvalue weighted by Gasteiger charge is -2.05. The molecular formula is C14H17N3O2S. The topological polar surface area (TPSA) is 64.1 Å². The standard InChI is InChI=1S/C14H17N3O2S/c1-2-19-7-4-6-15-14(18)11-9-16-13(17-10-11)12-5-3-8-20-12/h3,5,8-10H,2,4,6-7H2,1H3,(H,15,18).